The summed E-state index contributed by atoms with van der Waals surface area (Å²) in [4.78, 5) is 12.8. The predicted molar refractivity (Wildman–Crippen MR) is 91.9 cm³/mol. The van der Waals surface area contributed by atoms with Crippen molar-refractivity contribution in [3.8, 4) is 5.75 Å². The molecule has 1 heterocycles. The maximum atomic E-state index is 12.2. The van der Waals surface area contributed by atoms with E-state index in [4.69, 9.17) is 16.3 Å². The Bertz CT molecular complexity index is 638. The van der Waals surface area contributed by atoms with Gasteiger partial charge in [0.2, 0.25) is 0 Å². The van der Waals surface area contributed by atoms with E-state index in [9.17, 15) is 4.79 Å². The minimum Gasteiger partial charge on any atom is -0.492 e. The molecule has 0 aliphatic carbocycles. The van der Waals surface area contributed by atoms with Crippen molar-refractivity contribution in [2.24, 2.45) is 0 Å². The van der Waals surface area contributed by atoms with Crippen LogP contribution in [0.2, 0.25) is 5.02 Å². The fourth-order valence-electron chi connectivity index (χ4n) is 1.67. The van der Waals surface area contributed by atoms with Gasteiger partial charge in [-0.3, -0.25) is 4.79 Å². The van der Waals surface area contributed by atoms with Crippen LogP contribution >= 0.6 is 38.9 Å². The summed E-state index contributed by atoms with van der Waals surface area (Å²) in [6.07, 6.45) is 0.918. The summed E-state index contributed by atoms with van der Waals surface area (Å²) in [5.41, 5.74) is 1.70. The normalized spacial score (nSPS) is 10.5. The quantitative estimate of drug-likeness (QED) is 0.733. The zero-order valence-corrected chi connectivity index (χ0v) is 14.9. The number of halogens is 2. The zero-order valence-electron chi connectivity index (χ0n) is 11.7. The maximum Gasteiger partial charge on any atom is 0.265 e. The lowest BCUT2D eigenvalue weighted by molar-refractivity contribution is 0.103. The summed E-state index contributed by atoms with van der Waals surface area (Å²) < 4.78 is 6.47. The molecule has 0 spiro atoms. The highest BCUT2D eigenvalue weighted by molar-refractivity contribution is 9.11. The minimum atomic E-state index is -0.146. The number of amides is 1. The van der Waals surface area contributed by atoms with Crippen LogP contribution in [0.4, 0.5) is 5.69 Å². The Labute approximate surface area is 141 Å². The molecule has 1 amide bonds. The Morgan fingerprint density at radius 2 is 2.19 bits per heavy atom. The summed E-state index contributed by atoms with van der Waals surface area (Å²) in [5.74, 6) is 0.485. The summed E-state index contributed by atoms with van der Waals surface area (Å²) in [7, 11) is 0. The van der Waals surface area contributed by atoms with Crippen LogP contribution in [0.3, 0.4) is 0 Å². The number of rotatable bonds is 5. The van der Waals surface area contributed by atoms with Gasteiger partial charge in [-0.05, 0) is 59.1 Å². The van der Waals surface area contributed by atoms with E-state index < -0.39 is 0 Å². The monoisotopic (exact) mass is 387 g/mol. The molecule has 0 saturated heterocycles. The molecule has 2 rings (SSSR count). The van der Waals surface area contributed by atoms with Crippen LogP contribution in [0.15, 0.2) is 28.1 Å². The highest BCUT2D eigenvalue weighted by atomic mass is 79.9. The van der Waals surface area contributed by atoms with Gasteiger partial charge in [-0.25, -0.2) is 0 Å². The Balaban J connectivity index is 2.09. The van der Waals surface area contributed by atoms with E-state index in [-0.39, 0.29) is 5.91 Å². The lowest BCUT2D eigenvalue weighted by atomic mass is 10.3. The summed E-state index contributed by atoms with van der Waals surface area (Å²) in [6, 6.07) is 7.10. The molecule has 3 nitrogen and oxygen atoms in total. The summed E-state index contributed by atoms with van der Waals surface area (Å²) in [5, 5.41) is 3.32. The fourth-order valence-corrected chi connectivity index (χ4v) is 3.34. The molecule has 1 N–H and O–H groups in total. The van der Waals surface area contributed by atoms with E-state index in [1.165, 1.54) is 11.3 Å². The third-order valence-electron chi connectivity index (χ3n) is 2.73. The third-order valence-corrected chi connectivity index (χ3v) is 5.16. The average molecular weight is 389 g/mol. The number of carbonyl (C=O) groups is 1. The van der Waals surface area contributed by atoms with Crippen molar-refractivity contribution in [2.75, 3.05) is 11.9 Å². The van der Waals surface area contributed by atoms with E-state index in [0.29, 0.717) is 27.9 Å². The van der Waals surface area contributed by atoms with Gasteiger partial charge in [-0.2, -0.15) is 0 Å². The first-order valence-electron chi connectivity index (χ1n) is 6.51. The van der Waals surface area contributed by atoms with Gasteiger partial charge in [-0.15, -0.1) is 11.3 Å². The van der Waals surface area contributed by atoms with Gasteiger partial charge in [0.25, 0.3) is 5.91 Å². The number of hydrogen-bond acceptors (Lipinski definition) is 3. The lowest BCUT2D eigenvalue weighted by Crippen LogP contribution is -2.10. The van der Waals surface area contributed by atoms with Crippen molar-refractivity contribution >= 4 is 50.5 Å². The Morgan fingerprint density at radius 1 is 1.43 bits per heavy atom. The molecule has 0 aliphatic rings. The number of anilines is 1. The van der Waals surface area contributed by atoms with Crippen molar-refractivity contribution in [3.63, 3.8) is 0 Å². The molecule has 1 aromatic heterocycles. The summed E-state index contributed by atoms with van der Waals surface area (Å²) >= 11 is 11.0. The van der Waals surface area contributed by atoms with Gasteiger partial charge in [0.15, 0.2) is 0 Å². The van der Waals surface area contributed by atoms with Gasteiger partial charge >= 0.3 is 0 Å². The van der Waals surface area contributed by atoms with Gasteiger partial charge < -0.3 is 10.1 Å². The van der Waals surface area contributed by atoms with E-state index in [0.717, 1.165) is 15.8 Å². The Morgan fingerprint density at radius 3 is 2.76 bits per heavy atom. The topological polar surface area (TPSA) is 38.3 Å². The van der Waals surface area contributed by atoms with Crippen molar-refractivity contribution in [3.05, 3.63) is 43.5 Å². The van der Waals surface area contributed by atoms with E-state index in [2.05, 4.69) is 21.2 Å². The molecule has 0 aliphatic heterocycles. The molecule has 0 bridgehead atoms. The molecule has 21 heavy (non-hydrogen) atoms. The van der Waals surface area contributed by atoms with Crippen LogP contribution in [-0.4, -0.2) is 12.5 Å². The number of hydrogen-bond donors (Lipinski definition) is 1. The van der Waals surface area contributed by atoms with Crippen LogP contribution in [0, 0.1) is 6.92 Å². The number of nitrogens with one attached hydrogen (secondary N) is 1. The van der Waals surface area contributed by atoms with Crippen molar-refractivity contribution in [2.45, 2.75) is 20.3 Å². The van der Waals surface area contributed by atoms with E-state index in [1.807, 2.05) is 19.9 Å². The van der Waals surface area contributed by atoms with Crippen LogP contribution < -0.4 is 10.1 Å². The second-order valence-electron chi connectivity index (χ2n) is 4.52. The van der Waals surface area contributed by atoms with Crippen LogP contribution in [0.5, 0.6) is 5.75 Å². The molecule has 0 atom stereocenters. The second-order valence-corrected chi connectivity index (χ2v) is 7.29. The molecule has 0 fully saturated rings. The molecular weight excluding hydrogens is 374 g/mol. The molecule has 112 valence electrons. The largest absolute Gasteiger partial charge is 0.492 e. The molecule has 0 unspecified atom stereocenters. The zero-order chi connectivity index (χ0) is 15.4. The average Bonchev–Trinajstić information content (AvgIpc) is 2.78. The highest BCUT2D eigenvalue weighted by Gasteiger charge is 2.12. The minimum absolute atomic E-state index is 0.146. The predicted octanol–water partition coefficient (Wildman–Crippen LogP) is 5.51. The number of benzene rings is 1. The van der Waals surface area contributed by atoms with Crippen molar-refractivity contribution in [1.29, 1.82) is 0 Å². The van der Waals surface area contributed by atoms with Crippen molar-refractivity contribution in [1.82, 2.24) is 0 Å². The van der Waals surface area contributed by atoms with Crippen LogP contribution in [-0.2, 0) is 0 Å². The Kier molecular flexibility index (Phi) is 5.67. The molecule has 6 heteroatoms. The molecule has 1 aromatic carbocycles. The van der Waals surface area contributed by atoms with Gasteiger partial charge in [0.05, 0.1) is 20.3 Å². The smallest absolute Gasteiger partial charge is 0.265 e. The first-order valence-corrected chi connectivity index (χ1v) is 8.49. The number of ether oxygens (including phenoxy) is 1. The standard InChI is InChI=1S/C15H15BrClNO2S/c1-3-6-20-12-5-4-10(8-11(12)17)18-15(19)13-7-9(2)14(16)21-13/h4-5,7-8H,3,6H2,1-2H3,(H,18,19). The molecule has 0 radical (unpaired) electrons. The third kappa shape index (κ3) is 4.22. The molecule has 2 aromatic rings. The lowest BCUT2D eigenvalue weighted by Gasteiger charge is -2.09. The molecular formula is C15H15BrClNO2S. The van der Waals surface area contributed by atoms with Gasteiger partial charge in [0.1, 0.15) is 5.75 Å². The number of carbonyl (C=O) groups excluding carboxylic acids is 1. The highest BCUT2D eigenvalue weighted by Crippen LogP contribution is 2.30. The van der Waals surface area contributed by atoms with Gasteiger partial charge in [-0.1, -0.05) is 18.5 Å². The fraction of sp³-hybridized carbons (Fsp3) is 0.267. The Hall–Kier alpha value is -1.04. The molecule has 0 saturated carbocycles. The summed E-state index contributed by atoms with van der Waals surface area (Å²) in [6.45, 7) is 4.60. The van der Waals surface area contributed by atoms with Gasteiger partial charge in [0, 0.05) is 5.69 Å². The SMILES string of the molecule is CCCOc1ccc(NC(=O)c2cc(C)c(Br)s2)cc1Cl. The van der Waals surface area contributed by atoms with Crippen LogP contribution in [0.1, 0.15) is 28.6 Å². The van der Waals surface area contributed by atoms with E-state index >= 15 is 0 Å². The van der Waals surface area contributed by atoms with E-state index in [1.54, 1.807) is 18.2 Å². The van der Waals surface area contributed by atoms with Crippen LogP contribution in [0.25, 0.3) is 0 Å². The maximum absolute atomic E-state index is 12.2. The number of thiophene rings is 1. The number of aryl methyl sites for hydroxylation is 1. The first-order chi connectivity index (χ1) is 10.0. The second kappa shape index (κ2) is 7.29. The van der Waals surface area contributed by atoms with Crippen molar-refractivity contribution < 1.29 is 9.53 Å². The first kappa shape index (κ1) is 16.3.